The lowest BCUT2D eigenvalue weighted by Gasteiger charge is -2.44. The number of piperidine rings is 1. The van der Waals surface area contributed by atoms with Gasteiger partial charge in [0.05, 0.1) is 5.54 Å². The van der Waals surface area contributed by atoms with Gasteiger partial charge in [0.15, 0.2) is 0 Å². The minimum atomic E-state index is -0.617. The van der Waals surface area contributed by atoms with Crippen molar-refractivity contribution >= 4 is 46.4 Å². The van der Waals surface area contributed by atoms with Crippen molar-refractivity contribution in [3.8, 4) is 0 Å². The molecule has 2 fully saturated rings. The number of amides is 2. The Morgan fingerprint density at radius 3 is 2.38 bits per heavy atom. The molecule has 4 aliphatic rings. The molecule has 39 heavy (non-hydrogen) atoms. The van der Waals surface area contributed by atoms with Crippen LogP contribution in [0, 0.1) is 5.92 Å². The van der Waals surface area contributed by atoms with Gasteiger partial charge in [-0.2, -0.15) is 0 Å². The molecular weight excluding hydrogens is 549 g/mol. The Bertz CT molecular complexity index is 1190. The molecule has 2 atom stereocenters. The molecule has 1 aromatic rings. The first-order valence-electron chi connectivity index (χ1n) is 14.4. The molecule has 5 rings (SSSR count). The smallest absolute Gasteiger partial charge is 0.315 e. The van der Waals surface area contributed by atoms with Crippen LogP contribution in [0.1, 0.15) is 76.3 Å². The molecule has 2 N–H and O–H groups in total. The molecule has 4 nitrogen and oxygen atoms in total. The normalized spacial score (nSPS) is 27.8. The van der Waals surface area contributed by atoms with E-state index in [4.69, 9.17) is 34.8 Å². The molecule has 1 heterocycles. The Morgan fingerprint density at radius 1 is 1.05 bits per heavy atom. The minimum Gasteiger partial charge on any atom is -0.337 e. The highest BCUT2D eigenvalue weighted by Crippen LogP contribution is 2.39. The molecule has 1 saturated heterocycles. The summed E-state index contributed by atoms with van der Waals surface area (Å²) in [6.07, 6.45) is 16.8. The highest BCUT2D eigenvalue weighted by molar-refractivity contribution is 6.35. The van der Waals surface area contributed by atoms with E-state index in [1.54, 1.807) is 6.08 Å². The van der Waals surface area contributed by atoms with Crippen LogP contribution < -0.4 is 10.6 Å². The number of halogens is 3. The number of allylic oxidation sites excluding steroid dienone is 6. The first kappa shape index (κ1) is 28.8. The van der Waals surface area contributed by atoms with Gasteiger partial charge in [0.25, 0.3) is 0 Å². The van der Waals surface area contributed by atoms with Gasteiger partial charge in [0.2, 0.25) is 0 Å². The van der Waals surface area contributed by atoms with Crippen LogP contribution in [-0.2, 0) is 5.41 Å². The molecule has 0 aromatic heterocycles. The van der Waals surface area contributed by atoms with Gasteiger partial charge in [-0.25, -0.2) is 4.79 Å². The van der Waals surface area contributed by atoms with Gasteiger partial charge < -0.3 is 15.5 Å². The van der Waals surface area contributed by atoms with Gasteiger partial charge in [-0.1, -0.05) is 84.9 Å². The molecule has 2 amide bonds. The summed E-state index contributed by atoms with van der Waals surface area (Å²) in [6.45, 7) is 6.81. The van der Waals surface area contributed by atoms with E-state index in [2.05, 4.69) is 58.9 Å². The molecular formula is C32H40Cl3N3O. The number of carbonyl (C=O) groups excluding carboxylic acids is 1. The fraction of sp³-hybridized carbons (Fsp3) is 0.531. The summed E-state index contributed by atoms with van der Waals surface area (Å²) in [7, 11) is 0. The highest BCUT2D eigenvalue weighted by Gasteiger charge is 2.39. The predicted molar refractivity (Wildman–Crippen MR) is 164 cm³/mol. The van der Waals surface area contributed by atoms with E-state index < -0.39 is 5.54 Å². The lowest BCUT2D eigenvalue weighted by Crippen LogP contribution is -2.55. The van der Waals surface area contributed by atoms with Crippen LogP contribution >= 0.6 is 34.8 Å². The van der Waals surface area contributed by atoms with Gasteiger partial charge in [0, 0.05) is 39.5 Å². The molecule has 1 aliphatic heterocycles. The van der Waals surface area contributed by atoms with Gasteiger partial charge in [-0.15, -0.1) is 0 Å². The second kappa shape index (κ2) is 12.0. The van der Waals surface area contributed by atoms with Crippen LogP contribution in [0.25, 0.3) is 5.57 Å². The third-order valence-corrected chi connectivity index (χ3v) is 10.1. The fourth-order valence-electron chi connectivity index (χ4n) is 6.72. The highest BCUT2D eigenvalue weighted by atomic mass is 35.5. The Labute approximate surface area is 248 Å². The number of likely N-dealkylation sites (tertiary alicyclic amines) is 1. The van der Waals surface area contributed by atoms with E-state index in [0.29, 0.717) is 28.9 Å². The number of benzene rings is 1. The summed E-state index contributed by atoms with van der Waals surface area (Å²) in [6, 6.07) is 9.48. The van der Waals surface area contributed by atoms with Crippen LogP contribution in [0.5, 0.6) is 0 Å². The molecule has 7 heteroatoms. The largest absolute Gasteiger partial charge is 0.337 e. The van der Waals surface area contributed by atoms with E-state index in [1.165, 1.54) is 42.4 Å². The van der Waals surface area contributed by atoms with Gasteiger partial charge in [0.1, 0.15) is 0 Å². The van der Waals surface area contributed by atoms with Crippen molar-refractivity contribution in [2.45, 2.75) is 82.2 Å². The number of rotatable bonds is 6. The van der Waals surface area contributed by atoms with Crippen molar-refractivity contribution in [1.29, 1.82) is 0 Å². The zero-order valence-corrected chi connectivity index (χ0v) is 25.3. The molecule has 0 bridgehead atoms. The van der Waals surface area contributed by atoms with Crippen molar-refractivity contribution in [3.63, 3.8) is 0 Å². The van der Waals surface area contributed by atoms with Crippen molar-refractivity contribution in [2.24, 2.45) is 5.92 Å². The third-order valence-electron chi connectivity index (χ3n) is 9.16. The van der Waals surface area contributed by atoms with E-state index in [1.807, 2.05) is 13.0 Å². The first-order chi connectivity index (χ1) is 18.6. The lowest BCUT2D eigenvalue weighted by atomic mass is 9.72. The quantitative estimate of drug-likeness (QED) is 0.352. The van der Waals surface area contributed by atoms with E-state index in [0.717, 1.165) is 43.4 Å². The summed E-state index contributed by atoms with van der Waals surface area (Å²) < 4.78 is 0. The molecule has 1 saturated carbocycles. The molecule has 0 spiro atoms. The number of urea groups is 1. The SMILES string of the molecule is CC1CC=C(c2ccc(C3(CNC(=O)NC4(C)C=C(Cl)C=C(Cl)C4)CCN(C4CCCC4)CC3)cc2)C=C1Cl. The maximum Gasteiger partial charge on any atom is 0.315 e. The molecule has 3 aliphatic carbocycles. The van der Waals surface area contributed by atoms with Crippen molar-refractivity contribution in [1.82, 2.24) is 15.5 Å². The second-order valence-corrected chi connectivity index (χ2v) is 13.5. The number of hydrogen-bond donors (Lipinski definition) is 2. The van der Waals surface area contributed by atoms with Crippen molar-refractivity contribution in [2.75, 3.05) is 19.6 Å². The van der Waals surface area contributed by atoms with Gasteiger partial charge >= 0.3 is 6.03 Å². The monoisotopic (exact) mass is 587 g/mol. The number of hydrogen-bond acceptors (Lipinski definition) is 2. The maximum atomic E-state index is 13.1. The van der Waals surface area contributed by atoms with Crippen molar-refractivity contribution in [3.05, 3.63) is 74.8 Å². The molecule has 0 radical (unpaired) electrons. The first-order valence-corrected chi connectivity index (χ1v) is 15.5. The minimum absolute atomic E-state index is 0.119. The van der Waals surface area contributed by atoms with Crippen LogP contribution in [0.2, 0.25) is 0 Å². The van der Waals surface area contributed by atoms with E-state index >= 15 is 0 Å². The summed E-state index contributed by atoms with van der Waals surface area (Å²) in [5.74, 6) is 0.384. The summed E-state index contributed by atoms with van der Waals surface area (Å²) in [4.78, 5) is 15.8. The average Bonchev–Trinajstić information content (AvgIpc) is 3.44. The second-order valence-electron chi connectivity index (χ2n) is 12.2. The Morgan fingerprint density at radius 2 is 1.74 bits per heavy atom. The van der Waals surface area contributed by atoms with E-state index in [-0.39, 0.29) is 11.4 Å². The molecule has 1 aromatic carbocycles. The van der Waals surface area contributed by atoms with Gasteiger partial charge in [-0.3, -0.25) is 0 Å². The zero-order valence-electron chi connectivity index (χ0n) is 23.0. The molecule has 210 valence electrons. The van der Waals surface area contributed by atoms with Crippen LogP contribution in [0.15, 0.2) is 63.7 Å². The third kappa shape index (κ3) is 6.78. The number of nitrogens with one attached hydrogen (secondary N) is 2. The Kier molecular flexibility index (Phi) is 8.88. The fourth-order valence-corrected chi connectivity index (χ4v) is 7.75. The van der Waals surface area contributed by atoms with Crippen LogP contribution in [-0.4, -0.2) is 42.1 Å². The predicted octanol–water partition coefficient (Wildman–Crippen LogP) is 8.22. The Hall–Kier alpha value is -1.72. The van der Waals surface area contributed by atoms with E-state index in [9.17, 15) is 4.79 Å². The average molecular weight is 589 g/mol. The molecule has 2 unspecified atom stereocenters. The summed E-state index contributed by atoms with van der Waals surface area (Å²) >= 11 is 19.0. The number of nitrogens with zero attached hydrogens (tertiary/aromatic N) is 1. The summed E-state index contributed by atoms with van der Waals surface area (Å²) in [5, 5.41) is 8.43. The van der Waals surface area contributed by atoms with Gasteiger partial charge in [-0.05, 0) is 93.0 Å². The maximum absolute atomic E-state index is 13.1. The van der Waals surface area contributed by atoms with Crippen molar-refractivity contribution < 1.29 is 4.79 Å². The number of carbonyl (C=O) groups is 1. The Balaban J connectivity index is 1.31. The topological polar surface area (TPSA) is 44.4 Å². The standard InChI is InChI=1S/C32H40Cl3N3O/c1-22-7-8-24(17-29(22)35)23-9-11-25(12-10-23)32(13-15-38(16-14-32)28-5-3-4-6-28)21-36-30(39)37-31(2)19-26(33)18-27(34)20-31/h8-12,17-19,22,28H,3-7,13-16,20-21H2,1-2H3,(H2,36,37,39). The zero-order chi connectivity index (χ0) is 27.6. The summed E-state index contributed by atoms with van der Waals surface area (Å²) in [5.41, 5.74) is 2.93. The lowest BCUT2D eigenvalue weighted by molar-refractivity contribution is 0.115. The van der Waals surface area contributed by atoms with Crippen LogP contribution in [0.4, 0.5) is 4.79 Å². The van der Waals surface area contributed by atoms with Crippen LogP contribution in [0.3, 0.4) is 0 Å².